The van der Waals surface area contributed by atoms with Gasteiger partial charge in [-0.05, 0) is 44.9 Å². The molecule has 2 rings (SSSR count). The van der Waals surface area contributed by atoms with Gasteiger partial charge < -0.3 is 10.3 Å². The van der Waals surface area contributed by atoms with E-state index in [1.54, 1.807) is 0 Å². The molecule has 0 aliphatic carbocycles. The van der Waals surface area contributed by atoms with Gasteiger partial charge in [0.15, 0.2) is 0 Å². The summed E-state index contributed by atoms with van der Waals surface area (Å²) >= 11 is 0. The molecule has 92 valence electrons. The minimum atomic E-state index is 0.115. The second kappa shape index (κ2) is 4.49. The number of hydrogen-bond donors (Lipinski definition) is 1. The first-order valence-corrected chi connectivity index (χ1v) is 6.28. The van der Waals surface area contributed by atoms with Crippen LogP contribution in [0, 0.1) is 6.92 Å². The third-order valence-corrected chi connectivity index (χ3v) is 3.27. The monoisotopic (exact) mass is 231 g/mol. The third kappa shape index (κ3) is 2.07. The highest BCUT2D eigenvalue weighted by Crippen LogP contribution is 2.24. The Labute approximate surface area is 103 Å². The van der Waals surface area contributed by atoms with E-state index in [-0.39, 0.29) is 6.04 Å². The Kier molecular flexibility index (Phi) is 3.20. The van der Waals surface area contributed by atoms with Crippen LogP contribution >= 0.6 is 0 Å². The smallest absolute Gasteiger partial charge is 0.106 e. The first-order chi connectivity index (χ1) is 8.04. The highest BCUT2D eigenvalue weighted by Gasteiger charge is 2.11. The summed E-state index contributed by atoms with van der Waals surface area (Å²) in [5.74, 6) is 1.07. The van der Waals surface area contributed by atoms with E-state index in [1.165, 1.54) is 11.1 Å². The van der Waals surface area contributed by atoms with E-state index in [4.69, 9.17) is 5.73 Å². The van der Waals surface area contributed by atoms with Crippen molar-refractivity contribution in [3.8, 4) is 0 Å². The second-order valence-electron chi connectivity index (χ2n) is 4.89. The molecule has 0 aliphatic heterocycles. The van der Waals surface area contributed by atoms with Gasteiger partial charge in [0.25, 0.3) is 0 Å². The number of fused-ring (bicyclic) bond motifs is 1. The van der Waals surface area contributed by atoms with Crippen molar-refractivity contribution in [1.29, 1.82) is 0 Å². The molecule has 17 heavy (non-hydrogen) atoms. The molecule has 1 aromatic heterocycles. The molecule has 3 nitrogen and oxygen atoms in total. The Morgan fingerprint density at radius 2 is 2.06 bits per heavy atom. The molecule has 1 unspecified atom stereocenters. The maximum absolute atomic E-state index is 6.06. The van der Waals surface area contributed by atoms with Gasteiger partial charge >= 0.3 is 0 Å². The minimum absolute atomic E-state index is 0.115. The van der Waals surface area contributed by atoms with E-state index in [9.17, 15) is 0 Å². The van der Waals surface area contributed by atoms with Crippen molar-refractivity contribution in [1.82, 2.24) is 9.55 Å². The highest BCUT2D eigenvalue weighted by atomic mass is 15.1. The summed E-state index contributed by atoms with van der Waals surface area (Å²) < 4.78 is 2.26. The topological polar surface area (TPSA) is 43.8 Å². The molecule has 0 radical (unpaired) electrons. The molecule has 0 spiro atoms. The van der Waals surface area contributed by atoms with Crippen molar-refractivity contribution in [3.63, 3.8) is 0 Å². The van der Waals surface area contributed by atoms with Gasteiger partial charge in [0.05, 0.1) is 11.0 Å². The molecule has 0 saturated carbocycles. The Bertz CT molecular complexity index is 525. The van der Waals surface area contributed by atoms with Crippen molar-refractivity contribution in [3.05, 3.63) is 29.6 Å². The maximum Gasteiger partial charge on any atom is 0.106 e. The number of nitrogens with two attached hydrogens (primary N) is 1. The average Bonchev–Trinajstić information content (AvgIpc) is 2.62. The third-order valence-electron chi connectivity index (χ3n) is 3.27. The molecule has 3 heteroatoms. The van der Waals surface area contributed by atoms with Crippen LogP contribution in [0.1, 0.15) is 50.7 Å². The van der Waals surface area contributed by atoms with Crippen molar-refractivity contribution < 1.29 is 0 Å². The highest BCUT2D eigenvalue weighted by molar-refractivity contribution is 5.77. The molecule has 0 fully saturated rings. The normalized spacial score (nSPS) is 13.5. The summed E-state index contributed by atoms with van der Waals surface area (Å²) in [5, 5.41) is 0. The second-order valence-corrected chi connectivity index (χ2v) is 4.89. The van der Waals surface area contributed by atoms with Gasteiger partial charge in [0, 0.05) is 12.1 Å². The van der Waals surface area contributed by atoms with Crippen LogP contribution in [0.2, 0.25) is 0 Å². The molecule has 1 heterocycles. The van der Waals surface area contributed by atoms with Gasteiger partial charge in [-0.1, -0.05) is 13.0 Å². The maximum atomic E-state index is 6.06. The van der Waals surface area contributed by atoms with Gasteiger partial charge in [-0.15, -0.1) is 0 Å². The lowest BCUT2D eigenvalue weighted by atomic mass is 10.1. The predicted octanol–water partition coefficient (Wildman–Crippen LogP) is 3.34. The van der Waals surface area contributed by atoms with Gasteiger partial charge in [-0.25, -0.2) is 4.98 Å². The number of benzene rings is 1. The summed E-state index contributed by atoms with van der Waals surface area (Å²) in [6, 6.07) is 6.93. The molecule has 0 aliphatic rings. The van der Waals surface area contributed by atoms with E-state index in [0.29, 0.717) is 6.04 Å². The predicted molar refractivity (Wildman–Crippen MR) is 72.1 cm³/mol. The van der Waals surface area contributed by atoms with Crippen LogP contribution in [0.4, 0.5) is 0 Å². The van der Waals surface area contributed by atoms with Crippen LogP contribution in [0.25, 0.3) is 11.0 Å². The van der Waals surface area contributed by atoms with Crippen molar-refractivity contribution in [2.24, 2.45) is 5.73 Å². The SMILES string of the molecule is CCC(N)c1ccc2c(c1)nc(C)n2C(C)C. The lowest BCUT2D eigenvalue weighted by Gasteiger charge is -2.12. The Morgan fingerprint density at radius 1 is 1.35 bits per heavy atom. The van der Waals surface area contributed by atoms with Crippen molar-refractivity contribution >= 4 is 11.0 Å². The lowest BCUT2D eigenvalue weighted by Crippen LogP contribution is -2.08. The summed E-state index contributed by atoms with van der Waals surface area (Å²) in [6.45, 7) is 8.52. The zero-order chi connectivity index (χ0) is 12.6. The molecular formula is C14H21N3. The van der Waals surface area contributed by atoms with Crippen LogP contribution in [-0.4, -0.2) is 9.55 Å². The zero-order valence-corrected chi connectivity index (χ0v) is 11.1. The molecule has 2 N–H and O–H groups in total. The molecular weight excluding hydrogens is 210 g/mol. The van der Waals surface area contributed by atoms with Crippen LogP contribution in [0.15, 0.2) is 18.2 Å². The van der Waals surface area contributed by atoms with Gasteiger partial charge in [-0.3, -0.25) is 0 Å². The van der Waals surface area contributed by atoms with Crippen molar-refractivity contribution in [2.45, 2.75) is 46.2 Å². The fraction of sp³-hybridized carbons (Fsp3) is 0.500. The largest absolute Gasteiger partial charge is 0.326 e. The Morgan fingerprint density at radius 3 is 2.65 bits per heavy atom. The van der Waals surface area contributed by atoms with Gasteiger partial charge in [0.2, 0.25) is 0 Å². The minimum Gasteiger partial charge on any atom is -0.326 e. The van der Waals surface area contributed by atoms with E-state index in [0.717, 1.165) is 17.8 Å². The first-order valence-electron chi connectivity index (χ1n) is 6.28. The average molecular weight is 231 g/mol. The number of imidazole rings is 1. The first kappa shape index (κ1) is 12.1. The summed E-state index contributed by atoms with van der Waals surface area (Å²) in [7, 11) is 0. The van der Waals surface area contributed by atoms with Gasteiger partial charge in [-0.2, -0.15) is 0 Å². The molecule has 2 aromatic rings. The van der Waals surface area contributed by atoms with Crippen LogP contribution in [0.5, 0.6) is 0 Å². The quantitative estimate of drug-likeness (QED) is 0.880. The molecule has 0 amide bonds. The molecule has 0 bridgehead atoms. The number of aromatic nitrogens is 2. The fourth-order valence-electron chi connectivity index (χ4n) is 2.35. The standard InChI is InChI=1S/C14H21N3/c1-5-12(15)11-6-7-14-13(8-11)16-10(4)17(14)9(2)3/h6-9,12H,5,15H2,1-4H3. The zero-order valence-electron chi connectivity index (χ0n) is 11.1. The fourth-order valence-corrected chi connectivity index (χ4v) is 2.35. The number of nitrogens with zero attached hydrogens (tertiary/aromatic N) is 2. The Hall–Kier alpha value is -1.35. The van der Waals surface area contributed by atoms with E-state index >= 15 is 0 Å². The van der Waals surface area contributed by atoms with Crippen LogP contribution in [-0.2, 0) is 0 Å². The van der Waals surface area contributed by atoms with Crippen molar-refractivity contribution in [2.75, 3.05) is 0 Å². The summed E-state index contributed by atoms with van der Waals surface area (Å²) in [5.41, 5.74) is 9.48. The van der Waals surface area contributed by atoms with Gasteiger partial charge in [0.1, 0.15) is 5.82 Å². The molecule has 1 atom stereocenters. The van der Waals surface area contributed by atoms with E-state index < -0.39 is 0 Å². The molecule has 1 aromatic carbocycles. The summed E-state index contributed by atoms with van der Waals surface area (Å²) in [6.07, 6.45) is 0.954. The number of hydrogen-bond acceptors (Lipinski definition) is 2. The van der Waals surface area contributed by atoms with Crippen LogP contribution in [0.3, 0.4) is 0 Å². The molecule has 0 saturated heterocycles. The van der Waals surface area contributed by atoms with E-state index in [2.05, 4.69) is 55.4 Å². The summed E-state index contributed by atoms with van der Waals surface area (Å²) in [4.78, 5) is 4.62. The number of rotatable bonds is 3. The van der Waals surface area contributed by atoms with E-state index in [1.807, 2.05) is 0 Å². The number of aryl methyl sites for hydroxylation is 1. The lowest BCUT2D eigenvalue weighted by molar-refractivity contribution is 0.600. The Balaban J connectivity index is 2.57. The van der Waals surface area contributed by atoms with Crippen LogP contribution < -0.4 is 5.73 Å².